The van der Waals surface area contributed by atoms with Crippen LogP contribution in [0, 0.1) is 0 Å². The summed E-state index contributed by atoms with van der Waals surface area (Å²) in [4.78, 5) is 4.35. The van der Waals surface area contributed by atoms with E-state index in [4.69, 9.17) is 0 Å². The van der Waals surface area contributed by atoms with Crippen LogP contribution in [0.25, 0.3) is 0 Å². The van der Waals surface area contributed by atoms with Crippen LogP contribution in [0.15, 0.2) is 29.3 Å². The zero-order valence-corrected chi connectivity index (χ0v) is 16.0. The van der Waals surface area contributed by atoms with Crippen LogP contribution in [-0.4, -0.2) is 46.0 Å². The van der Waals surface area contributed by atoms with Crippen LogP contribution in [0.4, 0.5) is 13.2 Å². The molecule has 2 N–H and O–H groups in total. The minimum Gasteiger partial charge on any atom is -0.357 e. The lowest BCUT2D eigenvalue weighted by Gasteiger charge is -2.14. The summed E-state index contributed by atoms with van der Waals surface area (Å²) in [7, 11) is -3.06. The maximum atomic E-state index is 12.8. The molecule has 1 aromatic rings. The van der Waals surface area contributed by atoms with Crippen LogP contribution >= 0.6 is 0 Å². The van der Waals surface area contributed by atoms with Crippen LogP contribution in [0.2, 0.25) is 0 Å². The third-order valence-corrected chi connectivity index (χ3v) is 4.67. The monoisotopic (exact) mass is 393 g/mol. The number of sulfone groups is 1. The summed E-state index contributed by atoms with van der Waals surface area (Å²) in [5.74, 6) is 0.408. The van der Waals surface area contributed by atoms with E-state index in [1.54, 1.807) is 6.07 Å². The van der Waals surface area contributed by atoms with Crippen molar-refractivity contribution in [2.45, 2.75) is 32.4 Å². The fourth-order valence-corrected chi connectivity index (χ4v) is 2.73. The highest BCUT2D eigenvalue weighted by molar-refractivity contribution is 7.90. The largest absolute Gasteiger partial charge is 0.416 e. The molecule has 1 aromatic carbocycles. The van der Waals surface area contributed by atoms with Crippen LogP contribution in [0.5, 0.6) is 0 Å². The summed E-state index contributed by atoms with van der Waals surface area (Å²) in [6.45, 7) is 5.02. The minimum absolute atomic E-state index is 0.00193. The van der Waals surface area contributed by atoms with Gasteiger partial charge in [0, 0.05) is 25.9 Å². The molecule has 148 valence electrons. The lowest BCUT2D eigenvalue weighted by molar-refractivity contribution is -0.137. The average Bonchev–Trinajstić information content (AvgIpc) is 2.53. The highest BCUT2D eigenvalue weighted by Gasteiger charge is 2.30. The van der Waals surface area contributed by atoms with E-state index in [-0.39, 0.29) is 18.2 Å². The molecule has 0 saturated carbocycles. The van der Waals surface area contributed by atoms with Crippen LogP contribution < -0.4 is 10.6 Å². The van der Waals surface area contributed by atoms with Gasteiger partial charge in [0.15, 0.2) is 5.96 Å². The number of nitrogens with zero attached hydrogens (tertiary/aromatic N) is 1. The first-order valence-electron chi connectivity index (χ1n) is 8.40. The average molecular weight is 393 g/mol. The Morgan fingerprint density at radius 3 is 2.54 bits per heavy atom. The predicted molar refractivity (Wildman–Crippen MR) is 98.2 cm³/mol. The molecule has 0 bridgehead atoms. The Labute approximate surface area is 153 Å². The van der Waals surface area contributed by atoms with E-state index in [1.165, 1.54) is 12.1 Å². The summed E-state index contributed by atoms with van der Waals surface area (Å²) in [6.07, 6.45) is -2.62. The fraction of sp³-hybridized carbons (Fsp3) is 0.588. The van der Waals surface area contributed by atoms with Crippen LogP contribution in [0.1, 0.15) is 37.3 Å². The van der Waals surface area contributed by atoms with Crippen molar-refractivity contribution >= 4 is 15.8 Å². The highest BCUT2D eigenvalue weighted by Crippen LogP contribution is 2.31. The number of hydrogen-bond donors (Lipinski definition) is 2. The van der Waals surface area contributed by atoms with Gasteiger partial charge in [-0.15, -0.1) is 0 Å². The number of hydrogen-bond acceptors (Lipinski definition) is 3. The Hall–Kier alpha value is -1.77. The van der Waals surface area contributed by atoms with Crippen molar-refractivity contribution in [3.05, 3.63) is 35.4 Å². The van der Waals surface area contributed by atoms with E-state index < -0.39 is 21.6 Å². The lowest BCUT2D eigenvalue weighted by atomic mass is 9.96. The Balaban J connectivity index is 2.63. The quantitative estimate of drug-likeness (QED) is 0.526. The standard InChI is InChI=1S/C17H26F3N3O2S/c1-4-21-16(23-10-11-26(3,24)25)22-9-8-13(2)14-6-5-7-15(12-14)17(18,19)20/h5-7,12-13H,4,8-11H2,1-3H3,(H2,21,22,23). The van der Waals surface area contributed by atoms with E-state index in [2.05, 4.69) is 15.6 Å². The van der Waals surface area contributed by atoms with Crippen LogP contribution in [0.3, 0.4) is 0 Å². The van der Waals surface area contributed by atoms with Crippen molar-refractivity contribution < 1.29 is 21.6 Å². The van der Waals surface area contributed by atoms with Gasteiger partial charge in [0.25, 0.3) is 0 Å². The molecule has 0 saturated heterocycles. The number of aliphatic imine (C=N–C) groups is 1. The van der Waals surface area contributed by atoms with Crippen molar-refractivity contribution in [3.8, 4) is 0 Å². The molecule has 5 nitrogen and oxygen atoms in total. The number of benzene rings is 1. The molecule has 1 unspecified atom stereocenters. The second-order valence-corrected chi connectivity index (χ2v) is 8.39. The lowest BCUT2D eigenvalue weighted by Crippen LogP contribution is -2.39. The Morgan fingerprint density at radius 2 is 1.96 bits per heavy atom. The molecule has 1 rings (SSSR count). The van der Waals surface area contributed by atoms with E-state index in [1.807, 2.05) is 13.8 Å². The molecule has 0 amide bonds. The molecule has 26 heavy (non-hydrogen) atoms. The van der Waals surface area contributed by atoms with Gasteiger partial charge >= 0.3 is 6.18 Å². The minimum atomic E-state index is -4.35. The van der Waals surface area contributed by atoms with Gasteiger partial charge in [-0.1, -0.05) is 25.1 Å². The summed E-state index contributed by atoms with van der Waals surface area (Å²) < 4.78 is 60.7. The number of alkyl halides is 3. The van der Waals surface area contributed by atoms with Crippen molar-refractivity contribution in [1.29, 1.82) is 0 Å². The first-order chi connectivity index (χ1) is 12.0. The third-order valence-electron chi connectivity index (χ3n) is 3.72. The van der Waals surface area contributed by atoms with Crippen molar-refractivity contribution in [2.75, 3.05) is 31.6 Å². The van der Waals surface area contributed by atoms with Gasteiger partial charge in [0.05, 0.1) is 11.3 Å². The summed E-state index contributed by atoms with van der Waals surface area (Å²) in [5, 5.41) is 5.94. The second kappa shape index (κ2) is 9.80. The van der Waals surface area contributed by atoms with Gasteiger partial charge in [-0.2, -0.15) is 13.2 Å². The molecular weight excluding hydrogens is 367 g/mol. The maximum Gasteiger partial charge on any atom is 0.416 e. The van der Waals surface area contributed by atoms with Gasteiger partial charge in [-0.05, 0) is 30.9 Å². The first-order valence-corrected chi connectivity index (χ1v) is 10.5. The molecule has 9 heteroatoms. The summed E-state index contributed by atoms with van der Waals surface area (Å²) in [5.41, 5.74) is -0.0359. The third kappa shape index (κ3) is 8.55. The topological polar surface area (TPSA) is 70.6 Å². The van der Waals surface area contributed by atoms with Gasteiger partial charge < -0.3 is 10.6 Å². The predicted octanol–water partition coefficient (Wildman–Crippen LogP) is 2.80. The van der Waals surface area contributed by atoms with E-state index in [0.717, 1.165) is 12.3 Å². The van der Waals surface area contributed by atoms with E-state index in [9.17, 15) is 21.6 Å². The Bertz CT molecular complexity index is 703. The van der Waals surface area contributed by atoms with Crippen molar-refractivity contribution in [1.82, 2.24) is 10.6 Å². The van der Waals surface area contributed by atoms with Crippen LogP contribution in [-0.2, 0) is 16.0 Å². The summed E-state index contributed by atoms with van der Waals surface area (Å²) >= 11 is 0. The van der Waals surface area contributed by atoms with Gasteiger partial charge in [-0.3, -0.25) is 4.99 Å². The van der Waals surface area contributed by atoms with Crippen molar-refractivity contribution in [2.24, 2.45) is 4.99 Å². The molecule has 0 radical (unpaired) electrons. The highest BCUT2D eigenvalue weighted by atomic mass is 32.2. The molecule has 0 aromatic heterocycles. The Morgan fingerprint density at radius 1 is 1.27 bits per heavy atom. The molecule has 0 spiro atoms. The molecule has 0 aliphatic heterocycles. The second-order valence-electron chi connectivity index (χ2n) is 6.13. The normalized spacial score (nSPS) is 14.2. The number of guanidine groups is 1. The maximum absolute atomic E-state index is 12.8. The molecule has 0 heterocycles. The van der Waals surface area contributed by atoms with Gasteiger partial charge in [0.1, 0.15) is 9.84 Å². The van der Waals surface area contributed by atoms with Gasteiger partial charge in [-0.25, -0.2) is 8.42 Å². The smallest absolute Gasteiger partial charge is 0.357 e. The zero-order valence-electron chi connectivity index (χ0n) is 15.2. The number of rotatable bonds is 8. The molecule has 0 aliphatic carbocycles. The summed E-state index contributed by atoms with van der Waals surface area (Å²) in [6, 6.07) is 5.32. The molecule has 0 fully saturated rings. The number of halogens is 3. The van der Waals surface area contributed by atoms with Gasteiger partial charge in [0.2, 0.25) is 0 Å². The zero-order chi connectivity index (χ0) is 19.8. The molecular formula is C17H26F3N3O2S. The fourth-order valence-electron chi connectivity index (χ4n) is 2.25. The first kappa shape index (κ1) is 22.3. The van der Waals surface area contributed by atoms with Crippen molar-refractivity contribution in [3.63, 3.8) is 0 Å². The van der Waals surface area contributed by atoms with E-state index >= 15 is 0 Å². The van der Waals surface area contributed by atoms with E-state index in [0.29, 0.717) is 31.0 Å². The number of nitrogens with one attached hydrogen (secondary N) is 2. The Kier molecular flexibility index (Phi) is 8.39. The molecule has 0 aliphatic rings. The SMILES string of the molecule is CCNC(=NCCC(C)c1cccc(C(F)(F)F)c1)NCCS(C)(=O)=O. The molecule has 1 atom stereocenters.